The van der Waals surface area contributed by atoms with E-state index in [1.165, 1.54) is 19.2 Å². The minimum absolute atomic E-state index is 0.110. The summed E-state index contributed by atoms with van der Waals surface area (Å²) in [6.45, 7) is 1.78. The lowest BCUT2D eigenvalue weighted by Gasteiger charge is -2.08. The minimum Gasteiger partial charge on any atom is -0.461 e. The molecule has 0 aliphatic heterocycles. The Labute approximate surface area is 148 Å². The quantitative estimate of drug-likeness (QED) is 0.678. The number of fused-ring (bicyclic) bond motifs is 1. The Morgan fingerprint density at radius 1 is 1.12 bits per heavy atom. The molecule has 0 amide bonds. The van der Waals surface area contributed by atoms with Crippen molar-refractivity contribution in [2.24, 2.45) is 0 Å². The number of esters is 1. The average Bonchev–Trinajstić information content (AvgIpc) is 2.61. The summed E-state index contributed by atoms with van der Waals surface area (Å²) < 4.78 is 41.9. The van der Waals surface area contributed by atoms with Gasteiger partial charge in [-0.05, 0) is 29.1 Å². The van der Waals surface area contributed by atoms with Crippen LogP contribution in [0.1, 0.15) is 18.1 Å². The lowest BCUT2D eigenvalue weighted by Crippen LogP contribution is -2.04. The zero-order valence-electron chi connectivity index (χ0n) is 14.0. The Morgan fingerprint density at radius 3 is 2.42 bits per heavy atom. The number of hydrogen-bond donors (Lipinski definition) is 1. The third kappa shape index (κ3) is 5.47. The third-order valence-electron chi connectivity index (χ3n) is 3.41. The number of ether oxygens (including phenoxy) is 1. The first-order chi connectivity index (χ1) is 12.3. The number of nitrogens with zero attached hydrogens (tertiary/aromatic N) is 1. The van der Waals surface area contributed by atoms with Crippen molar-refractivity contribution in [3.05, 3.63) is 71.9 Å². The highest BCUT2D eigenvalue weighted by atomic mass is 19.4. The first-order valence-electron chi connectivity index (χ1n) is 7.66. The fourth-order valence-corrected chi connectivity index (χ4v) is 2.13. The molecule has 7 heteroatoms. The van der Waals surface area contributed by atoms with E-state index in [4.69, 9.17) is 10.5 Å². The van der Waals surface area contributed by atoms with Gasteiger partial charge in [0, 0.05) is 18.5 Å². The number of halogens is 3. The predicted molar refractivity (Wildman–Crippen MR) is 93.1 cm³/mol. The molecule has 1 aromatic heterocycles. The van der Waals surface area contributed by atoms with Gasteiger partial charge >= 0.3 is 12.1 Å². The van der Waals surface area contributed by atoms with E-state index in [9.17, 15) is 18.0 Å². The molecular weight excluding hydrogens is 345 g/mol. The maximum atomic E-state index is 12.4. The molecule has 2 aromatic carbocycles. The maximum Gasteiger partial charge on any atom is 0.416 e. The van der Waals surface area contributed by atoms with E-state index in [2.05, 4.69) is 4.98 Å². The van der Waals surface area contributed by atoms with Crippen LogP contribution in [-0.2, 0) is 22.3 Å². The highest BCUT2D eigenvalue weighted by Gasteiger charge is 2.30. The van der Waals surface area contributed by atoms with Gasteiger partial charge in [-0.1, -0.05) is 36.4 Å². The first kappa shape index (κ1) is 19.2. The van der Waals surface area contributed by atoms with Crippen LogP contribution in [0.3, 0.4) is 0 Å². The Kier molecular flexibility index (Phi) is 6.16. The van der Waals surface area contributed by atoms with Crippen molar-refractivity contribution in [3.8, 4) is 0 Å². The zero-order chi connectivity index (χ0) is 19.2. The maximum absolute atomic E-state index is 12.4. The van der Waals surface area contributed by atoms with Crippen LogP contribution < -0.4 is 5.73 Å². The van der Waals surface area contributed by atoms with Crippen LogP contribution in [0.15, 0.2) is 60.8 Å². The molecule has 0 saturated heterocycles. The lowest BCUT2D eigenvalue weighted by atomic mass is 10.1. The number of rotatable bonds is 2. The van der Waals surface area contributed by atoms with Crippen LogP contribution in [0.2, 0.25) is 0 Å². The molecule has 4 nitrogen and oxygen atoms in total. The molecule has 0 fully saturated rings. The standard InChI is InChI=1S/C10H7F3N2.C9H10O2/c11-10(12,13)7-2-1-6-3-4-15-9(14)8(6)5-7;1-8(10)11-7-9-5-3-2-4-6-9/h1-5H,(H2,14,15);2-6H,7H2,1H3. The van der Waals surface area contributed by atoms with Crippen molar-refractivity contribution >= 4 is 22.6 Å². The van der Waals surface area contributed by atoms with E-state index in [1.54, 1.807) is 6.07 Å². The molecule has 2 N–H and O–H groups in total. The summed E-state index contributed by atoms with van der Waals surface area (Å²) in [6.07, 6.45) is -2.89. The highest BCUT2D eigenvalue weighted by molar-refractivity contribution is 5.91. The third-order valence-corrected chi connectivity index (χ3v) is 3.41. The van der Waals surface area contributed by atoms with Gasteiger partial charge in [0.1, 0.15) is 12.4 Å². The highest BCUT2D eigenvalue weighted by Crippen LogP contribution is 2.32. The summed E-state index contributed by atoms with van der Waals surface area (Å²) in [5.41, 5.74) is 5.79. The van der Waals surface area contributed by atoms with Crippen molar-refractivity contribution in [3.63, 3.8) is 0 Å². The van der Waals surface area contributed by atoms with Gasteiger partial charge in [-0.25, -0.2) is 4.98 Å². The van der Waals surface area contributed by atoms with E-state index in [0.29, 0.717) is 17.4 Å². The second kappa shape index (κ2) is 8.33. The van der Waals surface area contributed by atoms with E-state index >= 15 is 0 Å². The summed E-state index contributed by atoms with van der Waals surface area (Å²) in [7, 11) is 0. The summed E-state index contributed by atoms with van der Waals surface area (Å²) in [5.74, 6) is -0.132. The van der Waals surface area contributed by atoms with E-state index in [0.717, 1.165) is 17.7 Å². The number of pyridine rings is 1. The summed E-state index contributed by atoms with van der Waals surface area (Å²) in [5, 5.41) is 0.975. The van der Waals surface area contributed by atoms with Crippen molar-refractivity contribution < 1.29 is 22.7 Å². The molecule has 136 valence electrons. The molecular formula is C19H17F3N2O2. The van der Waals surface area contributed by atoms with E-state index in [-0.39, 0.29) is 11.8 Å². The number of hydrogen-bond acceptors (Lipinski definition) is 4. The molecule has 0 radical (unpaired) electrons. The molecule has 26 heavy (non-hydrogen) atoms. The van der Waals surface area contributed by atoms with Crippen LogP contribution in [-0.4, -0.2) is 11.0 Å². The van der Waals surface area contributed by atoms with Gasteiger partial charge in [-0.15, -0.1) is 0 Å². The molecule has 0 spiro atoms. The zero-order valence-corrected chi connectivity index (χ0v) is 14.0. The number of benzene rings is 2. The molecule has 0 saturated carbocycles. The molecule has 0 aliphatic carbocycles. The number of carbonyl (C=O) groups is 1. The predicted octanol–water partition coefficient (Wildman–Crippen LogP) is 4.59. The smallest absolute Gasteiger partial charge is 0.416 e. The minimum atomic E-state index is -4.35. The van der Waals surface area contributed by atoms with Crippen LogP contribution >= 0.6 is 0 Å². The van der Waals surface area contributed by atoms with Crippen molar-refractivity contribution in [1.82, 2.24) is 4.98 Å². The van der Waals surface area contributed by atoms with Gasteiger partial charge in [-0.3, -0.25) is 4.79 Å². The number of anilines is 1. The van der Waals surface area contributed by atoms with E-state index < -0.39 is 11.7 Å². The normalized spacial score (nSPS) is 10.8. The Balaban J connectivity index is 0.000000197. The van der Waals surface area contributed by atoms with Crippen molar-refractivity contribution in [1.29, 1.82) is 0 Å². The van der Waals surface area contributed by atoms with Crippen LogP contribution in [0.5, 0.6) is 0 Å². The number of nitrogens with two attached hydrogens (primary N) is 1. The molecule has 3 rings (SSSR count). The summed E-state index contributed by atoms with van der Waals surface area (Å²) in [4.78, 5) is 14.1. The van der Waals surface area contributed by atoms with Crippen molar-refractivity contribution in [2.45, 2.75) is 19.7 Å². The van der Waals surface area contributed by atoms with Crippen LogP contribution in [0.25, 0.3) is 10.8 Å². The second-order valence-corrected chi connectivity index (χ2v) is 5.40. The number of carbonyl (C=O) groups excluding carboxylic acids is 1. The second-order valence-electron chi connectivity index (χ2n) is 5.40. The molecule has 0 aliphatic rings. The molecule has 3 aromatic rings. The number of nitrogen functional groups attached to an aromatic ring is 1. The van der Waals surface area contributed by atoms with Gasteiger partial charge in [-0.2, -0.15) is 13.2 Å². The van der Waals surface area contributed by atoms with Crippen LogP contribution in [0.4, 0.5) is 19.0 Å². The van der Waals surface area contributed by atoms with Crippen molar-refractivity contribution in [2.75, 3.05) is 5.73 Å². The molecule has 0 atom stereocenters. The number of aromatic nitrogens is 1. The van der Waals surface area contributed by atoms with Gasteiger partial charge in [0.15, 0.2) is 0 Å². The van der Waals surface area contributed by atoms with Gasteiger partial charge < -0.3 is 10.5 Å². The lowest BCUT2D eigenvalue weighted by molar-refractivity contribution is -0.142. The van der Waals surface area contributed by atoms with Gasteiger partial charge in [0.2, 0.25) is 0 Å². The Morgan fingerprint density at radius 2 is 1.81 bits per heavy atom. The topological polar surface area (TPSA) is 65.2 Å². The molecule has 0 unspecified atom stereocenters. The molecule has 1 heterocycles. The fourth-order valence-electron chi connectivity index (χ4n) is 2.13. The average molecular weight is 362 g/mol. The fraction of sp³-hybridized carbons (Fsp3) is 0.158. The van der Waals surface area contributed by atoms with Crippen LogP contribution in [0, 0.1) is 0 Å². The summed E-state index contributed by atoms with van der Waals surface area (Å²) in [6, 6.07) is 14.6. The molecule has 0 bridgehead atoms. The van der Waals surface area contributed by atoms with Gasteiger partial charge in [0.25, 0.3) is 0 Å². The monoisotopic (exact) mass is 362 g/mol. The number of alkyl halides is 3. The van der Waals surface area contributed by atoms with E-state index in [1.807, 2.05) is 30.3 Å². The first-order valence-corrected chi connectivity index (χ1v) is 7.66. The Hall–Kier alpha value is -3.09. The largest absolute Gasteiger partial charge is 0.461 e. The Bertz CT molecular complexity index is 881. The van der Waals surface area contributed by atoms with Gasteiger partial charge in [0.05, 0.1) is 5.56 Å². The summed E-state index contributed by atoms with van der Waals surface area (Å²) >= 11 is 0. The SMILES string of the molecule is CC(=O)OCc1ccccc1.Nc1nccc2ccc(C(F)(F)F)cc12.